The highest BCUT2D eigenvalue weighted by Gasteiger charge is 2.15. The third-order valence-corrected chi connectivity index (χ3v) is 4.88. The molecular formula is C14H9BrF2N2OS. The van der Waals surface area contributed by atoms with E-state index >= 15 is 0 Å². The van der Waals surface area contributed by atoms with E-state index in [-0.39, 0.29) is 22.1 Å². The second-order valence-corrected chi connectivity index (χ2v) is 6.33. The molecule has 0 bridgehead atoms. The van der Waals surface area contributed by atoms with Crippen LogP contribution in [0.1, 0.15) is 11.1 Å². The predicted molar refractivity (Wildman–Crippen MR) is 81.8 cm³/mol. The topological polar surface area (TPSA) is 34.9 Å². The van der Waals surface area contributed by atoms with Crippen LogP contribution < -0.4 is 5.56 Å². The second kappa shape index (κ2) is 5.31. The first-order valence-electron chi connectivity index (χ1n) is 6.04. The Morgan fingerprint density at radius 2 is 2.14 bits per heavy atom. The van der Waals surface area contributed by atoms with Gasteiger partial charge >= 0.3 is 0 Å². The van der Waals surface area contributed by atoms with Crippen molar-refractivity contribution in [2.45, 2.75) is 13.5 Å². The molecule has 108 valence electrons. The first-order valence-corrected chi connectivity index (χ1v) is 7.72. The highest BCUT2D eigenvalue weighted by molar-refractivity contribution is 9.10. The van der Waals surface area contributed by atoms with E-state index in [1.54, 1.807) is 0 Å². The fraction of sp³-hybridized carbons (Fsp3) is 0.143. The summed E-state index contributed by atoms with van der Waals surface area (Å²) in [5, 5.41) is 1.84. The van der Waals surface area contributed by atoms with Crippen LogP contribution >= 0.6 is 27.3 Å². The van der Waals surface area contributed by atoms with E-state index in [4.69, 9.17) is 0 Å². The minimum atomic E-state index is -0.704. The van der Waals surface area contributed by atoms with Crippen molar-refractivity contribution < 1.29 is 8.78 Å². The van der Waals surface area contributed by atoms with E-state index in [2.05, 4.69) is 20.9 Å². The van der Waals surface area contributed by atoms with Crippen molar-refractivity contribution in [3.05, 3.63) is 61.4 Å². The van der Waals surface area contributed by atoms with Crippen LogP contribution in [0.5, 0.6) is 0 Å². The van der Waals surface area contributed by atoms with Gasteiger partial charge in [-0.25, -0.2) is 13.8 Å². The van der Waals surface area contributed by atoms with Crippen LogP contribution in [0, 0.1) is 18.6 Å². The minimum Gasteiger partial charge on any atom is -0.293 e. The molecule has 0 saturated heterocycles. The summed E-state index contributed by atoms with van der Waals surface area (Å²) in [7, 11) is 0. The molecule has 0 aliphatic rings. The van der Waals surface area contributed by atoms with Gasteiger partial charge in [-0.2, -0.15) is 0 Å². The Labute approximate surface area is 131 Å². The fourth-order valence-electron chi connectivity index (χ4n) is 2.06. The molecule has 3 rings (SSSR count). The lowest BCUT2D eigenvalue weighted by Crippen LogP contribution is -2.21. The van der Waals surface area contributed by atoms with Gasteiger partial charge in [-0.05, 0) is 45.9 Å². The molecule has 0 radical (unpaired) electrons. The molecule has 0 unspecified atom stereocenters. The van der Waals surface area contributed by atoms with E-state index in [1.807, 2.05) is 12.3 Å². The van der Waals surface area contributed by atoms with Crippen molar-refractivity contribution in [2.75, 3.05) is 0 Å². The van der Waals surface area contributed by atoms with Crippen LogP contribution in [-0.4, -0.2) is 9.55 Å². The van der Waals surface area contributed by atoms with Crippen molar-refractivity contribution in [2.24, 2.45) is 0 Å². The zero-order valence-corrected chi connectivity index (χ0v) is 13.3. The van der Waals surface area contributed by atoms with E-state index in [9.17, 15) is 13.6 Å². The van der Waals surface area contributed by atoms with E-state index < -0.39 is 11.6 Å². The molecule has 0 aliphatic heterocycles. The van der Waals surface area contributed by atoms with Crippen molar-refractivity contribution in [3.8, 4) is 0 Å². The Morgan fingerprint density at radius 1 is 1.38 bits per heavy atom. The highest BCUT2D eigenvalue weighted by Crippen LogP contribution is 2.23. The number of hydrogen-bond donors (Lipinski definition) is 0. The maximum Gasteiger partial charge on any atom is 0.271 e. The van der Waals surface area contributed by atoms with Gasteiger partial charge < -0.3 is 0 Å². The van der Waals surface area contributed by atoms with Crippen LogP contribution in [0.15, 0.2) is 33.1 Å². The number of fused-ring (bicyclic) bond motifs is 1. The molecule has 7 heteroatoms. The number of aromatic nitrogens is 2. The lowest BCUT2D eigenvalue weighted by molar-refractivity contribution is 0.537. The number of halogens is 3. The molecule has 1 aromatic carbocycles. The lowest BCUT2D eigenvalue weighted by atomic mass is 10.2. The molecule has 2 heterocycles. The van der Waals surface area contributed by atoms with Gasteiger partial charge in [0.05, 0.1) is 22.9 Å². The summed E-state index contributed by atoms with van der Waals surface area (Å²) in [6.45, 7) is 1.67. The van der Waals surface area contributed by atoms with E-state index in [0.29, 0.717) is 10.2 Å². The molecular weight excluding hydrogens is 362 g/mol. The monoisotopic (exact) mass is 370 g/mol. The van der Waals surface area contributed by atoms with E-state index in [0.717, 1.165) is 11.6 Å². The Kier molecular flexibility index (Phi) is 3.62. The zero-order valence-electron chi connectivity index (χ0n) is 10.9. The molecule has 0 aliphatic carbocycles. The number of hydrogen-bond acceptors (Lipinski definition) is 3. The maximum atomic E-state index is 14.0. The van der Waals surface area contributed by atoms with Gasteiger partial charge in [0.25, 0.3) is 5.56 Å². The summed E-state index contributed by atoms with van der Waals surface area (Å²) in [6, 6.07) is 2.45. The number of aryl methyl sites for hydroxylation is 1. The number of nitrogens with zero attached hydrogens (tertiary/aromatic N) is 2. The lowest BCUT2D eigenvalue weighted by Gasteiger charge is -2.09. The van der Waals surface area contributed by atoms with Crippen molar-refractivity contribution in [1.29, 1.82) is 0 Å². The average Bonchev–Trinajstić information content (AvgIpc) is 2.84. The number of thiophene rings is 1. The molecule has 0 fully saturated rings. The van der Waals surface area contributed by atoms with E-state index in [1.165, 1.54) is 28.3 Å². The van der Waals surface area contributed by atoms with Gasteiger partial charge in [-0.1, -0.05) is 0 Å². The van der Waals surface area contributed by atoms with Gasteiger partial charge in [0.2, 0.25) is 0 Å². The van der Waals surface area contributed by atoms with Crippen molar-refractivity contribution in [3.63, 3.8) is 0 Å². The summed E-state index contributed by atoms with van der Waals surface area (Å²) in [6.07, 6.45) is 1.32. The molecule has 0 spiro atoms. The Morgan fingerprint density at radius 3 is 2.90 bits per heavy atom. The molecule has 3 nitrogen and oxygen atoms in total. The normalized spacial score (nSPS) is 11.2. The summed E-state index contributed by atoms with van der Waals surface area (Å²) in [4.78, 5) is 16.5. The fourth-order valence-corrected chi connectivity index (χ4v) is 3.38. The molecule has 2 aromatic heterocycles. The Bertz CT molecular complexity index is 904. The third-order valence-electron chi connectivity index (χ3n) is 3.19. The minimum absolute atomic E-state index is 0.160. The van der Waals surface area contributed by atoms with Gasteiger partial charge in [0.15, 0.2) is 0 Å². The molecule has 3 aromatic rings. The maximum absolute atomic E-state index is 14.0. The van der Waals surface area contributed by atoms with Gasteiger partial charge in [0, 0.05) is 5.56 Å². The van der Waals surface area contributed by atoms with Crippen molar-refractivity contribution in [1.82, 2.24) is 9.55 Å². The summed E-state index contributed by atoms with van der Waals surface area (Å²) in [5.41, 5.74) is 1.09. The molecule has 0 saturated carbocycles. The van der Waals surface area contributed by atoms with Gasteiger partial charge in [-0.3, -0.25) is 9.36 Å². The number of rotatable bonds is 2. The predicted octanol–water partition coefficient (Wildman–Crippen LogP) is 3.86. The van der Waals surface area contributed by atoms with Crippen molar-refractivity contribution >= 4 is 37.5 Å². The second-order valence-electron chi connectivity index (χ2n) is 4.60. The summed E-state index contributed by atoms with van der Waals surface area (Å²) >= 11 is 4.30. The highest BCUT2D eigenvalue weighted by atomic mass is 79.9. The summed E-state index contributed by atoms with van der Waals surface area (Å²) < 4.78 is 29.6. The molecule has 0 N–H and O–H groups in total. The van der Waals surface area contributed by atoms with Crippen LogP contribution in [0.2, 0.25) is 0 Å². The van der Waals surface area contributed by atoms with Crippen LogP contribution in [0.4, 0.5) is 8.78 Å². The van der Waals surface area contributed by atoms with Crippen LogP contribution in [0.3, 0.4) is 0 Å². The Hall–Kier alpha value is -1.60. The first-order chi connectivity index (χ1) is 9.99. The first kappa shape index (κ1) is 14.3. The zero-order chi connectivity index (χ0) is 15.1. The standard InChI is InChI=1S/C14H9BrF2N2OS/c1-7-5-21-13-12(7)18-6-19(14(13)20)4-8-10(16)3-2-9(15)11(8)17/h2-3,5-6H,4H2,1H3. The van der Waals surface area contributed by atoms with Crippen LogP contribution in [-0.2, 0) is 6.54 Å². The average molecular weight is 371 g/mol. The Balaban J connectivity index is 2.13. The molecule has 0 atom stereocenters. The number of benzene rings is 1. The largest absolute Gasteiger partial charge is 0.293 e. The smallest absolute Gasteiger partial charge is 0.271 e. The molecule has 21 heavy (non-hydrogen) atoms. The van der Waals surface area contributed by atoms with Gasteiger partial charge in [0.1, 0.15) is 16.3 Å². The third kappa shape index (κ3) is 2.40. The SMILES string of the molecule is Cc1csc2c(=O)n(Cc3c(F)ccc(Br)c3F)cnc12. The molecule has 0 amide bonds. The van der Waals surface area contributed by atoms with Crippen LogP contribution in [0.25, 0.3) is 10.2 Å². The quantitative estimate of drug-likeness (QED) is 0.642. The van der Waals surface area contributed by atoms with Gasteiger partial charge in [-0.15, -0.1) is 11.3 Å². The summed E-state index contributed by atoms with van der Waals surface area (Å²) in [5.74, 6) is -1.39.